The van der Waals surface area contributed by atoms with Gasteiger partial charge in [-0.15, -0.1) is 0 Å². The number of nitrogens with one attached hydrogen (secondary N) is 2. The minimum Gasteiger partial charge on any atom is -0.307 e. The van der Waals surface area contributed by atoms with E-state index in [-0.39, 0.29) is 12.1 Å². The van der Waals surface area contributed by atoms with Crippen molar-refractivity contribution in [1.82, 2.24) is 20.4 Å². The number of carbonyl (C=O) groups is 2. The molecule has 6 nitrogen and oxygen atoms in total. The molecular weight excluding hydrogens is 328 g/mol. The summed E-state index contributed by atoms with van der Waals surface area (Å²) in [6.07, 6.45) is 0. The van der Waals surface area contributed by atoms with Crippen molar-refractivity contribution < 1.29 is 9.59 Å². The first-order valence-electron chi connectivity index (χ1n) is 8.92. The number of rotatable bonds is 4. The van der Waals surface area contributed by atoms with Crippen LogP contribution in [0.3, 0.4) is 0 Å². The van der Waals surface area contributed by atoms with Crippen molar-refractivity contribution in [2.75, 3.05) is 13.1 Å². The van der Waals surface area contributed by atoms with E-state index >= 15 is 0 Å². The molecule has 4 amide bonds. The summed E-state index contributed by atoms with van der Waals surface area (Å²) in [6.45, 7) is 4.81. The Bertz CT molecular complexity index is 811. The van der Waals surface area contributed by atoms with Gasteiger partial charge < -0.3 is 10.6 Å². The molecule has 0 radical (unpaired) electrons. The van der Waals surface area contributed by atoms with E-state index in [1.165, 1.54) is 0 Å². The van der Waals surface area contributed by atoms with Crippen LogP contribution in [-0.2, 0) is 11.3 Å². The number of hydrogen-bond acceptors (Lipinski definition) is 2. The van der Waals surface area contributed by atoms with Gasteiger partial charge in [0.05, 0.1) is 0 Å². The average molecular weight is 350 g/mol. The quantitative estimate of drug-likeness (QED) is 0.890. The fourth-order valence-electron chi connectivity index (χ4n) is 4.48. The van der Waals surface area contributed by atoms with Crippen LogP contribution in [0.5, 0.6) is 0 Å². The summed E-state index contributed by atoms with van der Waals surface area (Å²) in [5.74, 6) is 0. The van der Waals surface area contributed by atoms with Crippen LogP contribution < -0.4 is 10.6 Å². The lowest BCUT2D eigenvalue weighted by atomic mass is 9.81. The Morgan fingerprint density at radius 3 is 1.58 bits per heavy atom. The SMILES string of the molecule is CCN1C(=O)NC2(c3ccccc3)NC(=O)N(CC)C12c1ccccc1. The lowest BCUT2D eigenvalue weighted by Gasteiger charge is -2.46. The molecule has 2 aliphatic heterocycles. The number of urea groups is 2. The summed E-state index contributed by atoms with van der Waals surface area (Å²) in [6, 6.07) is 19.0. The Morgan fingerprint density at radius 1 is 0.731 bits per heavy atom. The first-order chi connectivity index (χ1) is 12.6. The van der Waals surface area contributed by atoms with Crippen molar-refractivity contribution in [3.8, 4) is 0 Å². The van der Waals surface area contributed by atoms with Crippen molar-refractivity contribution in [3.05, 3.63) is 71.8 Å². The summed E-state index contributed by atoms with van der Waals surface area (Å²) in [4.78, 5) is 29.5. The number of nitrogens with zero attached hydrogens (tertiary/aromatic N) is 2. The molecule has 2 aliphatic rings. The lowest BCUT2D eigenvalue weighted by Crippen LogP contribution is -2.62. The number of likely N-dealkylation sites (N-methyl/N-ethyl adjacent to an activating group) is 2. The van der Waals surface area contributed by atoms with Crippen molar-refractivity contribution in [3.63, 3.8) is 0 Å². The van der Waals surface area contributed by atoms with Crippen LogP contribution in [-0.4, -0.2) is 35.0 Å². The molecule has 0 aromatic heterocycles. The third kappa shape index (κ3) is 1.81. The molecule has 26 heavy (non-hydrogen) atoms. The maximum absolute atomic E-state index is 13.0. The van der Waals surface area contributed by atoms with E-state index in [9.17, 15) is 9.59 Å². The Hall–Kier alpha value is -3.02. The fourth-order valence-corrected chi connectivity index (χ4v) is 4.48. The highest BCUT2D eigenvalue weighted by Crippen LogP contribution is 2.53. The Morgan fingerprint density at radius 2 is 1.15 bits per heavy atom. The molecule has 2 N–H and O–H groups in total. The van der Waals surface area contributed by atoms with Crippen LogP contribution >= 0.6 is 0 Å². The Labute approximate surface area is 152 Å². The number of fused-ring (bicyclic) bond motifs is 1. The number of hydrogen-bond donors (Lipinski definition) is 2. The van der Waals surface area contributed by atoms with Crippen molar-refractivity contribution >= 4 is 12.1 Å². The normalized spacial score (nSPS) is 27.3. The van der Waals surface area contributed by atoms with Gasteiger partial charge in [0.15, 0.2) is 11.3 Å². The summed E-state index contributed by atoms with van der Waals surface area (Å²) >= 11 is 0. The Balaban J connectivity index is 2.09. The molecule has 0 atom stereocenters. The maximum Gasteiger partial charge on any atom is 0.321 e. The summed E-state index contributed by atoms with van der Waals surface area (Å²) in [5, 5.41) is 6.19. The van der Waals surface area contributed by atoms with Gasteiger partial charge in [0.2, 0.25) is 0 Å². The molecule has 2 aromatic carbocycles. The third-order valence-corrected chi connectivity index (χ3v) is 5.40. The maximum atomic E-state index is 13.0. The van der Waals surface area contributed by atoms with E-state index in [1.807, 2.05) is 74.5 Å². The van der Waals surface area contributed by atoms with E-state index in [2.05, 4.69) is 10.6 Å². The molecule has 0 spiro atoms. The monoisotopic (exact) mass is 350 g/mol. The highest BCUT2D eigenvalue weighted by molar-refractivity contribution is 5.89. The van der Waals surface area contributed by atoms with E-state index in [0.717, 1.165) is 11.1 Å². The summed E-state index contributed by atoms with van der Waals surface area (Å²) < 4.78 is 0. The largest absolute Gasteiger partial charge is 0.321 e. The van der Waals surface area contributed by atoms with Gasteiger partial charge in [-0.1, -0.05) is 60.7 Å². The van der Waals surface area contributed by atoms with Crippen LogP contribution in [0.2, 0.25) is 0 Å². The molecule has 2 saturated heterocycles. The van der Waals surface area contributed by atoms with Crippen molar-refractivity contribution in [1.29, 1.82) is 0 Å². The number of amides is 4. The second-order valence-electron chi connectivity index (χ2n) is 6.50. The standard InChI is InChI=1S/C20H22N4O2/c1-3-23-17(25)21-19(15-11-7-5-8-12-15)20(23,16-13-9-6-10-14-16)24(4-2)18(26)22-19/h5-14H,3-4H2,1-2H3,(H,21,25)(H,22,26). The van der Waals surface area contributed by atoms with E-state index < -0.39 is 11.3 Å². The average Bonchev–Trinajstić information content (AvgIpc) is 3.07. The van der Waals surface area contributed by atoms with E-state index in [0.29, 0.717) is 13.1 Å². The first-order valence-corrected chi connectivity index (χ1v) is 8.92. The molecule has 2 aromatic rings. The molecule has 2 heterocycles. The molecule has 6 heteroatoms. The highest BCUT2D eigenvalue weighted by atomic mass is 16.2. The first kappa shape index (κ1) is 16.4. The lowest BCUT2D eigenvalue weighted by molar-refractivity contribution is -0.00735. The molecule has 2 fully saturated rings. The smallest absolute Gasteiger partial charge is 0.307 e. The Kier molecular flexibility index (Phi) is 3.64. The summed E-state index contributed by atoms with van der Waals surface area (Å²) in [5.41, 5.74) is -0.301. The number of carbonyl (C=O) groups excluding carboxylic acids is 2. The third-order valence-electron chi connectivity index (χ3n) is 5.40. The molecule has 4 rings (SSSR count). The molecule has 134 valence electrons. The van der Waals surface area contributed by atoms with Crippen LogP contribution in [0.25, 0.3) is 0 Å². The van der Waals surface area contributed by atoms with Crippen molar-refractivity contribution in [2.24, 2.45) is 0 Å². The minimum absolute atomic E-state index is 0.196. The van der Waals surface area contributed by atoms with Crippen LogP contribution in [0.4, 0.5) is 9.59 Å². The van der Waals surface area contributed by atoms with Gasteiger partial charge in [-0.3, -0.25) is 9.80 Å². The van der Waals surface area contributed by atoms with Gasteiger partial charge in [0.1, 0.15) is 0 Å². The highest BCUT2D eigenvalue weighted by Gasteiger charge is 2.73. The molecule has 0 unspecified atom stereocenters. The van der Waals surface area contributed by atoms with Gasteiger partial charge >= 0.3 is 12.1 Å². The number of benzene rings is 2. The molecule has 0 aliphatic carbocycles. The predicted octanol–water partition coefficient (Wildman–Crippen LogP) is 2.78. The fraction of sp³-hybridized carbons (Fsp3) is 0.300. The minimum atomic E-state index is -1.06. The summed E-state index contributed by atoms with van der Waals surface area (Å²) in [7, 11) is 0. The van der Waals surface area contributed by atoms with Crippen LogP contribution in [0.15, 0.2) is 60.7 Å². The van der Waals surface area contributed by atoms with Crippen LogP contribution in [0, 0.1) is 0 Å². The van der Waals surface area contributed by atoms with Gasteiger partial charge in [0.25, 0.3) is 0 Å². The van der Waals surface area contributed by atoms with Gasteiger partial charge in [-0.05, 0) is 13.8 Å². The van der Waals surface area contributed by atoms with Gasteiger partial charge in [0, 0.05) is 24.2 Å². The zero-order valence-corrected chi connectivity index (χ0v) is 14.9. The molecular formula is C20H22N4O2. The van der Waals surface area contributed by atoms with Crippen LogP contribution in [0.1, 0.15) is 25.0 Å². The topological polar surface area (TPSA) is 64.7 Å². The second kappa shape index (κ2) is 5.76. The molecule has 0 bridgehead atoms. The second-order valence-corrected chi connectivity index (χ2v) is 6.50. The zero-order valence-electron chi connectivity index (χ0n) is 14.9. The molecule has 0 saturated carbocycles. The van der Waals surface area contributed by atoms with Gasteiger partial charge in [-0.25, -0.2) is 9.59 Å². The zero-order chi connectivity index (χ0) is 18.4. The predicted molar refractivity (Wildman–Crippen MR) is 98.1 cm³/mol. The van der Waals surface area contributed by atoms with E-state index in [1.54, 1.807) is 9.80 Å². The van der Waals surface area contributed by atoms with Gasteiger partial charge in [-0.2, -0.15) is 0 Å². The van der Waals surface area contributed by atoms with E-state index in [4.69, 9.17) is 0 Å². The van der Waals surface area contributed by atoms with Crippen molar-refractivity contribution in [2.45, 2.75) is 25.2 Å².